The number of fused-ring (bicyclic) bond motifs is 1. The van der Waals surface area contributed by atoms with Crippen LogP contribution >= 0.6 is 0 Å². The van der Waals surface area contributed by atoms with Crippen molar-refractivity contribution < 1.29 is 14.7 Å². The van der Waals surface area contributed by atoms with Gasteiger partial charge in [0.2, 0.25) is 0 Å². The summed E-state index contributed by atoms with van der Waals surface area (Å²) >= 11 is 0. The van der Waals surface area contributed by atoms with E-state index >= 15 is 0 Å². The van der Waals surface area contributed by atoms with Gasteiger partial charge in [0.25, 0.3) is 5.91 Å². The molecule has 0 fully saturated rings. The molecule has 0 saturated heterocycles. The zero-order chi connectivity index (χ0) is 23.9. The van der Waals surface area contributed by atoms with Crippen molar-refractivity contribution in [3.63, 3.8) is 0 Å². The summed E-state index contributed by atoms with van der Waals surface area (Å²) in [6.07, 6.45) is -0.0540. The molecule has 3 aromatic carbocycles. The lowest BCUT2D eigenvalue weighted by Gasteiger charge is -2.13. The number of amides is 1. The van der Waals surface area contributed by atoms with Gasteiger partial charge in [0.05, 0.1) is 11.9 Å². The van der Waals surface area contributed by atoms with Crippen molar-refractivity contribution in [3.05, 3.63) is 95.7 Å². The van der Waals surface area contributed by atoms with Crippen LogP contribution in [0.1, 0.15) is 21.6 Å². The molecule has 0 aliphatic heterocycles. The maximum Gasteiger partial charge on any atom is 0.307 e. The Morgan fingerprint density at radius 1 is 0.882 bits per heavy atom. The monoisotopic (exact) mass is 454 g/mol. The maximum absolute atomic E-state index is 12.7. The summed E-state index contributed by atoms with van der Waals surface area (Å²) in [7, 11) is 0. The van der Waals surface area contributed by atoms with Gasteiger partial charge in [-0.1, -0.05) is 42.5 Å². The molecule has 4 aromatic rings. The van der Waals surface area contributed by atoms with Crippen LogP contribution < -0.4 is 16.0 Å². The lowest BCUT2D eigenvalue weighted by Crippen LogP contribution is -2.29. The van der Waals surface area contributed by atoms with E-state index in [4.69, 9.17) is 5.11 Å². The van der Waals surface area contributed by atoms with E-state index in [0.29, 0.717) is 24.2 Å². The summed E-state index contributed by atoms with van der Waals surface area (Å²) < 4.78 is 0. The van der Waals surface area contributed by atoms with E-state index in [1.807, 2.05) is 73.7 Å². The van der Waals surface area contributed by atoms with E-state index in [0.717, 1.165) is 33.7 Å². The zero-order valence-corrected chi connectivity index (χ0v) is 18.8. The van der Waals surface area contributed by atoms with Crippen molar-refractivity contribution in [1.82, 2.24) is 10.3 Å². The van der Waals surface area contributed by atoms with Gasteiger partial charge in [0, 0.05) is 46.8 Å². The van der Waals surface area contributed by atoms with E-state index in [1.54, 1.807) is 12.1 Å². The van der Waals surface area contributed by atoms with Crippen molar-refractivity contribution in [2.75, 3.05) is 23.7 Å². The maximum atomic E-state index is 12.7. The van der Waals surface area contributed by atoms with E-state index in [1.165, 1.54) is 0 Å². The normalized spacial score (nSPS) is 10.6. The smallest absolute Gasteiger partial charge is 0.307 e. The molecule has 0 aliphatic carbocycles. The number of anilines is 3. The molecule has 0 unspecified atom stereocenters. The fourth-order valence-electron chi connectivity index (χ4n) is 3.79. The first-order chi connectivity index (χ1) is 16.5. The van der Waals surface area contributed by atoms with Crippen LogP contribution in [0.25, 0.3) is 10.9 Å². The molecular weight excluding hydrogens is 428 g/mol. The fraction of sp³-hybridized carbons (Fsp3) is 0.148. The first kappa shape index (κ1) is 22.8. The van der Waals surface area contributed by atoms with Gasteiger partial charge in [-0.15, -0.1) is 0 Å². The van der Waals surface area contributed by atoms with Crippen LogP contribution in [0.5, 0.6) is 0 Å². The number of carboxylic acid groups (broad SMARTS) is 1. The van der Waals surface area contributed by atoms with Crippen LogP contribution in [0.2, 0.25) is 0 Å². The predicted molar refractivity (Wildman–Crippen MR) is 135 cm³/mol. The standard InChI is InChI=1S/C27H26N4O3/c1-18-15-25(22-10-3-5-12-24(22)30-18)31-21-9-6-8-20(16-21)27(34)29-14-13-28-23-11-4-2-7-19(23)17-26(32)33/h2-12,15-16,28H,13-14,17H2,1H3,(H,29,34)(H,30,31)(H,32,33). The molecule has 4 N–H and O–H groups in total. The molecule has 0 spiro atoms. The Labute approximate surface area is 197 Å². The number of nitrogens with one attached hydrogen (secondary N) is 3. The van der Waals surface area contributed by atoms with Gasteiger partial charge in [-0.2, -0.15) is 0 Å². The Morgan fingerprint density at radius 2 is 1.68 bits per heavy atom. The highest BCUT2D eigenvalue weighted by Crippen LogP contribution is 2.26. The second kappa shape index (κ2) is 10.5. The number of carbonyl (C=O) groups is 2. The SMILES string of the molecule is Cc1cc(Nc2cccc(C(=O)NCCNc3ccccc3CC(=O)O)c2)c2ccccc2n1. The Morgan fingerprint density at radius 3 is 2.53 bits per heavy atom. The molecule has 1 heterocycles. The van der Waals surface area contributed by atoms with Crippen molar-refractivity contribution in [2.24, 2.45) is 0 Å². The Kier molecular flexibility index (Phi) is 7.03. The third-order valence-electron chi connectivity index (χ3n) is 5.33. The van der Waals surface area contributed by atoms with Gasteiger partial charge in [0.15, 0.2) is 0 Å². The number of aryl methyl sites for hydroxylation is 1. The Bertz CT molecular complexity index is 1340. The molecule has 1 amide bonds. The second-order valence-electron chi connectivity index (χ2n) is 7.94. The minimum atomic E-state index is -0.883. The van der Waals surface area contributed by atoms with Crippen molar-refractivity contribution >= 4 is 39.8 Å². The molecule has 4 rings (SSSR count). The van der Waals surface area contributed by atoms with Crippen LogP contribution in [-0.4, -0.2) is 35.1 Å². The number of hydrogen-bond donors (Lipinski definition) is 4. The van der Waals surface area contributed by atoms with E-state index in [2.05, 4.69) is 20.9 Å². The average Bonchev–Trinajstić information content (AvgIpc) is 2.82. The van der Waals surface area contributed by atoms with Crippen LogP contribution in [-0.2, 0) is 11.2 Å². The van der Waals surface area contributed by atoms with Crippen LogP contribution in [0.15, 0.2) is 78.9 Å². The summed E-state index contributed by atoms with van der Waals surface area (Å²) in [5, 5.41) is 19.6. The van der Waals surface area contributed by atoms with Gasteiger partial charge < -0.3 is 21.1 Å². The number of benzene rings is 3. The number of hydrogen-bond acceptors (Lipinski definition) is 5. The second-order valence-corrected chi connectivity index (χ2v) is 7.94. The number of carbonyl (C=O) groups excluding carboxylic acids is 1. The quantitative estimate of drug-likeness (QED) is 0.272. The van der Waals surface area contributed by atoms with E-state index in [9.17, 15) is 9.59 Å². The Hall–Kier alpha value is -4.39. The van der Waals surface area contributed by atoms with Crippen molar-refractivity contribution in [2.45, 2.75) is 13.3 Å². The third-order valence-corrected chi connectivity index (χ3v) is 5.33. The number of pyridine rings is 1. The summed E-state index contributed by atoms with van der Waals surface area (Å²) in [6.45, 7) is 2.82. The highest BCUT2D eigenvalue weighted by Gasteiger charge is 2.09. The summed E-state index contributed by atoms with van der Waals surface area (Å²) in [5.41, 5.74) is 5.58. The molecule has 172 valence electrons. The number of aliphatic carboxylic acids is 1. The lowest BCUT2D eigenvalue weighted by molar-refractivity contribution is -0.136. The number of nitrogens with zero attached hydrogens (tertiary/aromatic N) is 1. The van der Waals surface area contributed by atoms with Crippen LogP contribution in [0.4, 0.5) is 17.1 Å². The highest BCUT2D eigenvalue weighted by molar-refractivity contribution is 5.96. The van der Waals surface area contributed by atoms with Gasteiger partial charge in [-0.05, 0) is 48.9 Å². The number of carboxylic acids is 1. The van der Waals surface area contributed by atoms with Crippen LogP contribution in [0, 0.1) is 6.92 Å². The molecule has 0 aliphatic rings. The number of aromatic nitrogens is 1. The first-order valence-electron chi connectivity index (χ1n) is 11.0. The number of rotatable bonds is 9. The molecule has 0 bridgehead atoms. The van der Waals surface area contributed by atoms with Crippen molar-refractivity contribution in [1.29, 1.82) is 0 Å². The molecule has 0 atom stereocenters. The zero-order valence-electron chi connectivity index (χ0n) is 18.8. The first-order valence-corrected chi connectivity index (χ1v) is 11.0. The molecule has 7 nitrogen and oxygen atoms in total. The molecule has 0 saturated carbocycles. The molecular formula is C27H26N4O3. The van der Waals surface area contributed by atoms with Crippen LogP contribution in [0.3, 0.4) is 0 Å². The summed E-state index contributed by atoms with van der Waals surface area (Å²) in [4.78, 5) is 28.3. The Balaban J connectivity index is 1.37. The average molecular weight is 455 g/mol. The highest BCUT2D eigenvalue weighted by atomic mass is 16.4. The minimum Gasteiger partial charge on any atom is -0.481 e. The summed E-state index contributed by atoms with van der Waals surface area (Å²) in [6, 6.07) is 24.5. The van der Waals surface area contributed by atoms with Gasteiger partial charge in [-0.25, -0.2) is 0 Å². The molecule has 34 heavy (non-hydrogen) atoms. The van der Waals surface area contributed by atoms with E-state index < -0.39 is 5.97 Å². The van der Waals surface area contributed by atoms with Gasteiger partial charge in [0.1, 0.15) is 0 Å². The molecule has 1 aromatic heterocycles. The third kappa shape index (κ3) is 5.69. The largest absolute Gasteiger partial charge is 0.481 e. The molecule has 0 radical (unpaired) electrons. The fourth-order valence-corrected chi connectivity index (χ4v) is 3.79. The minimum absolute atomic E-state index is 0.0540. The predicted octanol–water partition coefficient (Wildman–Crippen LogP) is 4.76. The van der Waals surface area contributed by atoms with Gasteiger partial charge >= 0.3 is 5.97 Å². The summed E-state index contributed by atoms with van der Waals surface area (Å²) in [5.74, 6) is -1.06. The lowest BCUT2D eigenvalue weighted by atomic mass is 10.1. The van der Waals surface area contributed by atoms with E-state index in [-0.39, 0.29) is 12.3 Å². The topological polar surface area (TPSA) is 103 Å². The number of para-hydroxylation sites is 2. The van der Waals surface area contributed by atoms with Gasteiger partial charge in [-0.3, -0.25) is 14.6 Å². The van der Waals surface area contributed by atoms with Crippen molar-refractivity contribution in [3.8, 4) is 0 Å². The molecule has 7 heteroatoms.